The van der Waals surface area contributed by atoms with Crippen LogP contribution in [-0.4, -0.2) is 48.3 Å². The van der Waals surface area contributed by atoms with Gasteiger partial charge in [0, 0.05) is 50.4 Å². The number of aryl methyl sites for hydroxylation is 1. The smallest absolute Gasteiger partial charge is 0.264 e. The summed E-state index contributed by atoms with van der Waals surface area (Å²) in [6.45, 7) is 2.27. The Bertz CT molecular complexity index is 2010. The standard InChI is InChI=1S/C44H48N2O2S2/c1-6-7-8-9-10-11-12-14-19-33-22-24-35-28-39(41(30-37(35)26-33)47-43(49)45(2)3)40-29-36-25-23-34(21-20-32-17-15-13-16-18-32)27-38(36)31-42(40)48-44(50)46(4)5/h13,15-18,22-31H,6-12,14,19H2,1-5H3. The van der Waals surface area contributed by atoms with Gasteiger partial charge in [0.2, 0.25) is 0 Å². The molecule has 0 aliphatic heterocycles. The van der Waals surface area contributed by atoms with E-state index in [9.17, 15) is 0 Å². The third kappa shape index (κ3) is 10.1. The zero-order chi connectivity index (χ0) is 35.5. The molecule has 0 unspecified atom stereocenters. The second-order valence-corrected chi connectivity index (χ2v) is 14.0. The average Bonchev–Trinajstić information content (AvgIpc) is 3.11. The molecule has 0 aliphatic carbocycles. The van der Waals surface area contributed by atoms with Gasteiger partial charge in [0.25, 0.3) is 10.3 Å². The molecule has 0 bridgehead atoms. The summed E-state index contributed by atoms with van der Waals surface area (Å²) in [6, 6.07) is 31.5. The molecule has 5 rings (SSSR count). The van der Waals surface area contributed by atoms with Crippen molar-refractivity contribution in [3.8, 4) is 34.5 Å². The Morgan fingerprint density at radius 3 is 1.64 bits per heavy atom. The molecule has 0 aliphatic rings. The van der Waals surface area contributed by atoms with Crippen LogP contribution < -0.4 is 9.47 Å². The first kappa shape index (κ1) is 36.8. The number of benzene rings is 5. The predicted molar refractivity (Wildman–Crippen MR) is 219 cm³/mol. The predicted octanol–water partition coefficient (Wildman–Crippen LogP) is 11.2. The SMILES string of the molecule is CCCCCCCCCCc1ccc2cc(-c3cc4ccc(C#Cc5ccccc5)cc4cc3OC(=S)N(C)C)c(OC(=S)N(C)C)cc2c1. The topological polar surface area (TPSA) is 24.9 Å². The summed E-state index contributed by atoms with van der Waals surface area (Å²) in [7, 11) is 7.55. The van der Waals surface area contributed by atoms with E-state index in [0.717, 1.165) is 50.2 Å². The van der Waals surface area contributed by atoms with Crippen molar-refractivity contribution in [1.82, 2.24) is 9.80 Å². The number of fused-ring (bicyclic) bond motifs is 2. The Morgan fingerprint density at radius 1 is 0.540 bits per heavy atom. The van der Waals surface area contributed by atoms with Gasteiger partial charge in [0.05, 0.1) is 0 Å². The van der Waals surface area contributed by atoms with E-state index in [1.54, 1.807) is 9.80 Å². The van der Waals surface area contributed by atoms with E-state index in [4.69, 9.17) is 33.9 Å². The molecule has 0 radical (unpaired) electrons. The largest absolute Gasteiger partial charge is 0.431 e. The van der Waals surface area contributed by atoms with Crippen molar-refractivity contribution in [2.45, 2.75) is 64.7 Å². The van der Waals surface area contributed by atoms with Crippen LogP contribution in [0.25, 0.3) is 32.7 Å². The maximum Gasteiger partial charge on any atom is 0.264 e. The van der Waals surface area contributed by atoms with Crippen LogP contribution in [0.1, 0.15) is 75.0 Å². The Labute approximate surface area is 309 Å². The van der Waals surface area contributed by atoms with Gasteiger partial charge in [-0.2, -0.15) is 0 Å². The minimum Gasteiger partial charge on any atom is -0.431 e. The lowest BCUT2D eigenvalue weighted by Crippen LogP contribution is -2.25. The molecule has 4 nitrogen and oxygen atoms in total. The Balaban J connectivity index is 1.52. The van der Waals surface area contributed by atoms with Gasteiger partial charge in [0.15, 0.2) is 0 Å². The summed E-state index contributed by atoms with van der Waals surface area (Å²) in [4.78, 5) is 3.59. The molecule has 0 heterocycles. The second kappa shape index (κ2) is 18.0. The first-order valence-electron chi connectivity index (χ1n) is 17.7. The van der Waals surface area contributed by atoms with Crippen molar-refractivity contribution >= 4 is 56.3 Å². The number of unbranched alkanes of at least 4 members (excludes halogenated alkanes) is 7. The minimum absolute atomic E-state index is 0.364. The Kier molecular flexibility index (Phi) is 13.3. The monoisotopic (exact) mass is 700 g/mol. The zero-order valence-corrected chi connectivity index (χ0v) is 31.7. The highest BCUT2D eigenvalue weighted by Gasteiger charge is 2.19. The number of hydrogen-bond acceptors (Lipinski definition) is 4. The average molecular weight is 701 g/mol. The van der Waals surface area contributed by atoms with Gasteiger partial charge in [-0.3, -0.25) is 0 Å². The molecule has 5 aromatic carbocycles. The van der Waals surface area contributed by atoms with Crippen LogP contribution in [0.5, 0.6) is 11.5 Å². The van der Waals surface area contributed by atoms with E-state index >= 15 is 0 Å². The summed E-state index contributed by atoms with van der Waals surface area (Å²) in [5.41, 5.74) is 4.98. The molecular formula is C44H48N2O2S2. The van der Waals surface area contributed by atoms with E-state index in [-0.39, 0.29) is 0 Å². The van der Waals surface area contributed by atoms with Crippen LogP contribution in [-0.2, 0) is 6.42 Å². The van der Waals surface area contributed by atoms with Crippen molar-refractivity contribution in [3.05, 3.63) is 108 Å². The molecule has 0 saturated heterocycles. The number of nitrogens with zero attached hydrogens (tertiary/aromatic N) is 2. The highest BCUT2D eigenvalue weighted by atomic mass is 32.1. The van der Waals surface area contributed by atoms with Crippen molar-refractivity contribution in [2.24, 2.45) is 0 Å². The van der Waals surface area contributed by atoms with Crippen LogP contribution in [0.3, 0.4) is 0 Å². The molecular weight excluding hydrogens is 653 g/mol. The first-order chi connectivity index (χ1) is 24.2. The summed E-state index contributed by atoms with van der Waals surface area (Å²) >= 11 is 11.3. The molecule has 0 fully saturated rings. The van der Waals surface area contributed by atoms with Gasteiger partial charge in [-0.05, 0) is 113 Å². The van der Waals surface area contributed by atoms with Crippen LogP contribution in [0.2, 0.25) is 0 Å². The van der Waals surface area contributed by atoms with E-state index in [2.05, 4.69) is 73.4 Å². The normalized spacial score (nSPS) is 10.8. The molecule has 0 amide bonds. The third-order valence-electron chi connectivity index (χ3n) is 8.80. The van der Waals surface area contributed by atoms with Gasteiger partial charge in [0.1, 0.15) is 11.5 Å². The third-order valence-corrected chi connectivity index (χ3v) is 9.70. The zero-order valence-electron chi connectivity index (χ0n) is 30.1. The van der Waals surface area contributed by atoms with Gasteiger partial charge >= 0.3 is 0 Å². The van der Waals surface area contributed by atoms with Crippen LogP contribution in [0.15, 0.2) is 91.0 Å². The molecule has 0 atom stereocenters. The van der Waals surface area contributed by atoms with Crippen molar-refractivity contribution in [3.63, 3.8) is 0 Å². The van der Waals surface area contributed by atoms with Crippen LogP contribution in [0.4, 0.5) is 0 Å². The molecule has 5 aromatic rings. The highest BCUT2D eigenvalue weighted by molar-refractivity contribution is 7.80. The van der Waals surface area contributed by atoms with Gasteiger partial charge in [-0.15, -0.1) is 0 Å². The van der Waals surface area contributed by atoms with Gasteiger partial charge < -0.3 is 19.3 Å². The van der Waals surface area contributed by atoms with E-state index < -0.39 is 0 Å². The molecule has 50 heavy (non-hydrogen) atoms. The van der Waals surface area contributed by atoms with Crippen LogP contribution >= 0.6 is 24.4 Å². The molecule has 258 valence electrons. The van der Waals surface area contributed by atoms with E-state index in [1.807, 2.05) is 64.6 Å². The van der Waals surface area contributed by atoms with E-state index in [1.165, 1.54) is 56.9 Å². The summed E-state index contributed by atoms with van der Waals surface area (Å²) in [6.07, 6.45) is 11.6. The van der Waals surface area contributed by atoms with Crippen LogP contribution in [0, 0.1) is 11.8 Å². The van der Waals surface area contributed by atoms with Crippen molar-refractivity contribution in [2.75, 3.05) is 28.2 Å². The Hall–Kier alpha value is -4.44. The number of rotatable bonds is 12. The first-order valence-corrected chi connectivity index (χ1v) is 18.5. The summed E-state index contributed by atoms with van der Waals surface area (Å²) < 4.78 is 12.8. The van der Waals surface area contributed by atoms with Gasteiger partial charge in [-0.25, -0.2) is 0 Å². The lowest BCUT2D eigenvalue weighted by Gasteiger charge is -2.21. The lowest BCUT2D eigenvalue weighted by molar-refractivity contribution is 0.447. The number of ether oxygens (including phenoxy) is 2. The molecule has 0 aromatic heterocycles. The maximum absolute atomic E-state index is 6.42. The quantitative estimate of drug-likeness (QED) is 0.0730. The second-order valence-electron chi connectivity index (χ2n) is 13.3. The minimum atomic E-state index is 0.364. The number of thiocarbonyl (C=S) groups is 2. The molecule has 0 saturated carbocycles. The fraction of sp³-hybridized carbons (Fsp3) is 0.318. The maximum atomic E-state index is 6.42. The molecule has 6 heteroatoms. The summed E-state index contributed by atoms with van der Waals surface area (Å²) in [5.74, 6) is 7.88. The fourth-order valence-corrected chi connectivity index (χ4v) is 6.11. The van der Waals surface area contributed by atoms with Gasteiger partial charge in [-0.1, -0.05) is 106 Å². The molecule has 0 N–H and O–H groups in total. The molecule has 0 spiro atoms. The number of hydrogen-bond donors (Lipinski definition) is 0. The lowest BCUT2D eigenvalue weighted by atomic mass is 9.94. The van der Waals surface area contributed by atoms with E-state index in [0.29, 0.717) is 21.8 Å². The Morgan fingerprint density at radius 2 is 1.06 bits per heavy atom. The van der Waals surface area contributed by atoms with Crippen molar-refractivity contribution < 1.29 is 9.47 Å². The summed E-state index contributed by atoms with van der Waals surface area (Å²) in [5, 5.41) is 5.04. The fourth-order valence-electron chi connectivity index (χ4n) is 5.93. The highest BCUT2D eigenvalue weighted by Crippen LogP contribution is 2.42. The van der Waals surface area contributed by atoms with Crippen molar-refractivity contribution in [1.29, 1.82) is 0 Å².